The molecule has 5 rings (SSSR count). The lowest BCUT2D eigenvalue weighted by atomic mass is 9.81. The predicted octanol–water partition coefficient (Wildman–Crippen LogP) is 3.58. The normalized spacial score (nSPS) is 25.7. The SMILES string of the molecule is O=C(Nc1ccc(Oc2ccccc2)cc1)OCCCN1C(=O)C2C3CCC(O3)C2C1=O. The van der Waals surface area contributed by atoms with E-state index in [9.17, 15) is 14.4 Å². The van der Waals surface area contributed by atoms with Crippen LogP contribution in [0.5, 0.6) is 11.5 Å². The molecule has 3 fully saturated rings. The molecular weight excluding hydrogens is 412 g/mol. The fraction of sp³-hybridized carbons (Fsp3) is 0.375. The van der Waals surface area contributed by atoms with Crippen LogP contribution < -0.4 is 10.1 Å². The molecule has 3 aliphatic heterocycles. The zero-order chi connectivity index (χ0) is 22.1. The molecule has 2 aromatic carbocycles. The minimum Gasteiger partial charge on any atom is -0.457 e. The van der Waals surface area contributed by atoms with E-state index in [-0.39, 0.29) is 49.0 Å². The summed E-state index contributed by atoms with van der Waals surface area (Å²) in [7, 11) is 0. The number of hydrogen-bond donors (Lipinski definition) is 1. The monoisotopic (exact) mass is 436 g/mol. The smallest absolute Gasteiger partial charge is 0.411 e. The summed E-state index contributed by atoms with van der Waals surface area (Å²) in [6, 6.07) is 16.3. The topological polar surface area (TPSA) is 94.2 Å². The molecule has 4 atom stereocenters. The van der Waals surface area contributed by atoms with Gasteiger partial charge >= 0.3 is 6.09 Å². The number of nitrogens with one attached hydrogen (secondary N) is 1. The molecule has 1 N–H and O–H groups in total. The summed E-state index contributed by atoms with van der Waals surface area (Å²) in [5.41, 5.74) is 0.573. The van der Waals surface area contributed by atoms with Crippen LogP contribution >= 0.6 is 0 Å². The minimum atomic E-state index is -0.593. The molecule has 0 aliphatic carbocycles. The molecule has 3 heterocycles. The first-order valence-electron chi connectivity index (χ1n) is 10.9. The Hall–Kier alpha value is -3.39. The van der Waals surface area contributed by atoms with Gasteiger partial charge in [-0.15, -0.1) is 0 Å². The third-order valence-corrected chi connectivity index (χ3v) is 6.21. The molecule has 0 saturated carbocycles. The van der Waals surface area contributed by atoms with E-state index >= 15 is 0 Å². The Labute approximate surface area is 185 Å². The van der Waals surface area contributed by atoms with Crippen molar-refractivity contribution in [2.45, 2.75) is 31.5 Å². The van der Waals surface area contributed by atoms with Crippen LogP contribution in [0, 0.1) is 11.8 Å². The quantitative estimate of drug-likeness (QED) is 0.527. The van der Waals surface area contributed by atoms with Gasteiger partial charge in [0.15, 0.2) is 0 Å². The van der Waals surface area contributed by atoms with Gasteiger partial charge in [0.1, 0.15) is 11.5 Å². The highest BCUT2D eigenvalue weighted by Crippen LogP contribution is 2.48. The van der Waals surface area contributed by atoms with Gasteiger partial charge in [-0.2, -0.15) is 0 Å². The second kappa shape index (κ2) is 8.63. The van der Waals surface area contributed by atoms with Crippen LogP contribution in [0.4, 0.5) is 10.5 Å². The molecule has 2 aromatic rings. The standard InChI is InChI=1S/C24H24N2O6/c27-22-20-18-11-12-19(32-18)21(20)23(28)26(22)13-4-14-30-24(29)25-15-7-9-17(10-8-15)31-16-5-2-1-3-6-16/h1-3,5-10,18-21H,4,11-14H2,(H,25,29). The number of amides is 3. The molecule has 0 aromatic heterocycles. The van der Waals surface area contributed by atoms with Gasteiger partial charge < -0.3 is 14.2 Å². The van der Waals surface area contributed by atoms with Crippen LogP contribution in [0.25, 0.3) is 0 Å². The van der Waals surface area contributed by atoms with Crippen molar-refractivity contribution in [3.8, 4) is 11.5 Å². The van der Waals surface area contributed by atoms with Gasteiger partial charge in [-0.05, 0) is 55.7 Å². The molecule has 32 heavy (non-hydrogen) atoms. The van der Waals surface area contributed by atoms with Gasteiger partial charge in [0.25, 0.3) is 0 Å². The molecule has 4 unspecified atom stereocenters. The van der Waals surface area contributed by atoms with E-state index in [1.54, 1.807) is 24.3 Å². The summed E-state index contributed by atoms with van der Waals surface area (Å²) in [5, 5.41) is 2.65. The lowest BCUT2D eigenvalue weighted by molar-refractivity contribution is -0.142. The zero-order valence-electron chi connectivity index (χ0n) is 17.4. The number of carbonyl (C=O) groups is 3. The van der Waals surface area contributed by atoms with Crippen molar-refractivity contribution in [2.75, 3.05) is 18.5 Å². The van der Waals surface area contributed by atoms with Crippen LogP contribution in [0.1, 0.15) is 19.3 Å². The number of rotatable bonds is 7. The summed E-state index contributed by atoms with van der Waals surface area (Å²) in [6.45, 7) is 0.361. The average molecular weight is 436 g/mol. The number of benzene rings is 2. The third-order valence-electron chi connectivity index (χ3n) is 6.21. The number of hydrogen-bond acceptors (Lipinski definition) is 6. The minimum absolute atomic E-state index is 0.108. The first-order chi connectivity index (χ1) is 15.6. The highest BCUT2D eigenvalue weighted by molar-refractivity contribution is 6.06. The van der Waals surface area contributed by atoms with Crippen LogP contribution in [-0.2, 0) is 19.1 Å². The predicted molar refractivity (Wildman–Crippen MR) is 114 cm³/mol. The Balaban J connectivity index is 1.05. The first-order valence-corrected chi connectivity index (χ1v) is 10.9. The van der Waals surface area contributed by atoms with Crippen molar-refractivity contribution in [2.24, 2.45) is 11.8 Å². The summed E-state index contributed by atoms with van der Waals surface area (Å²) in [4.78, 5) is 38.5. The molecule has 3 saturated heterocycles. The van der Waals surface area contributed by atoms with Gasteiger partial charge in [0.05, 0.1) is 30.7 Å². The van der Waals surface area contributed by atoms with Crippen molar-refractivity contribution in [1.82, 2.24) is 4.90 Å². The van der Waals surface area contributed by atoms with E-state index in [1.165, 1.54) is 4.90 Å². The molecule has 3 aliphatic rings. The Morgan fingerprint density at radius 3 is 2.22 bits per heavy atom. The fourth-order valence-electron chi connectivity index (χ4n) is 4.77. The van der Waals surface area contributed by atoms with E-state index < -0.39 is 6.09 Å². The lowest BCUT2D eigenvalue weighted by Gasteiger charge is -2.17. The van der Waals surface area contributed by atoms with Gasteiger partial charge in [0, 0.05) is 12.2 Å². The molecule has 2 bridgehead atoms. The molecule has 8 nitrogen and oxygen atoms in total. The Bertz CT molecular complexity index is 981. The zero-order valence-corrected chi connectivity index (χ0v) is 17.4. The number of fused-ring (bicyclic) bond motifs is 5. The van der Waals surface area contributed by atoms with Crippen LogP contribution in [0.15, 0.2) is 54.6 Å². The number of nitrogens with zero attached hydrogens (tertiary/aromatic N) is 1. The first kappa shape index (κ1) is 20.5. The van der Waals surface area contributed by atoms with Crippen molar-refractivity contribution >= 4 is 23.6 Å². The Kier molecular flexibility index (Phi) is 5.53. The van der Waals surface area contributed by atoms with E-state index in [4.69, 9.17) is 14.2 Å². The Morgan fingerprint density at radius 1 is 0.938 bits per heavy atom. The second-order valence-corrected chi connectivity index (χ2v) is 8.22. The molecule has 166 valence electrons. The maximum atomic E-state index is 12.6. The maximum absolute atomic E-state index is 12.6. The summed E-state index contributed by atoms with van der Waals surface area (Å²) < 4.78 is 16.6. The summed E-state index contributed by atoms with van der Waals surface area (Å²) >= 11 is 0. The number of carbonyl (C=O) groups excluding carboxylic acids is 3. The molecular formula is C24H24N2O6. The van der Waals surface area contributed by atoms with Crippen molar-refractivity contribution in [3.63, 3.8) is 0 Å². The van der Waals surface area contributed by atoms with Crippen molar-refractivity contribution in [1.29, 1.82) is 0 Å². The van der Waals surface area contributed by atoms with E-state index in [2.05, 4.69) is 5.32 Å². The second-order valence-electron chi connectivity index (χ2n) is 8.22. The highest BCUT2D eigenvalue weighted by atomic mass is 16.5. The molecule has 0 spiro atoms. The van der Waals surface area contributed by atoms with Crippen LogP contribution in [0.2, 0.25) is 0 Å². The van der Waals surface area contributed by atoms with Gasteiger partial charge in [0.2, 0.25) is 11.8 Å². The Morgan fingerprint density at radius 2 is 1.56 bits per heavy atom. The summed E-state index contributed by atoms with van der Waals surface area (Å²) in [5.74, 6) is 0.451. The highest BCUT2D eigenvalue weighted by Gasteiger charge is 2.62. The van der Waals surface area contributed by atoms with Gasteiger partial charge in [-0.25, -0.2) is 4.79 Å². The van der Waals surface area contributed by atoms with Gasteiger partial charge in [-0.3, -0.25) is 19.8 Å². The molecule has 0 radical (unpaired) electrons. The number of para-hydroxylation sites is 1. The maximum Gasteiger partial charge on any atom is 0.411 e. The van der Waals surface area contributed by atoms with E-state index in [1.807, 2.05) is 30.3 Å². The summed E-state index contributed by atoms with van der Waals surface area (Å²) in [6.07, 6.45) is 1.27. The van der Waals surface area contributed by atoms with E-state index in [0.717, 1.165) is 18.6 Å². The number of ether oxygens (including phenoxy) is 3. The average Bonchev–Trinajstić information content (AvgIpc) is 3.48. The molecule has 3 amide bonds. The lowest BCUT2D eigenvalue weighted by Crippen LogP contribution is -2.35. The number of imide groups is 1. The fourth-order valence-corrected chi connectivity index (χ4v) is 4.77. The number of anilines is 1. The molecule has 8 heteroatoms. The van der Waals surface area contributed by atoms with Gasteiger partial charge in [-0.1, -0.05) is 18.2 Å². The van der Waals surface area contributed by atoms with Crippen molar-refractivity contribution in [3.05, 3.63) is 54.6 Å². The third kappa shape index (κ3) is 3.93. The number of likely N-dealkylation sites (tertiary alicyclic amines) is 1. The van der Waals surface area contributed by atoms with Crippen molar-refractivity contribution < 1.29 is 28.6 Å². The van der Waals surface area contributed by atoms with E-state index in [0.29, 0.717) is 17.9 Å². The largest absolute Gasteiger partial charge is 0.457 e. The van der Waals surface area contributed by atoms with Crippen LogP contribution in [0.3, 0.4) is 0 Å². The van der Waals surface area contributed by atoms with Crippen LogP contribution in [-0.4, -0.2) is 48.2 Å².